The largest absolute Gasteiger partial charge is 0.354 e. The van der Waals surface area contributed by atoms with Crippen LogP contribution in [0.4, 0.5) is 11.9 Å². The van der Waals surface area contributed by atoms with E-state index in [0.717, 1.165) is 26.1 Å². The Kier molecular flexibility index (Phi) is 4.75. The Labute approximate surface area is 112 Å². The number of nitrogens with one attached hydrogen (secondary N) is 1. The number of allylic oxidation sites excluding steroid dienone is 1. The minimum Gasteiger partial charge on any atom is -0.354 e. The van der Waals surface area contributed by atoms with Gasteiger partial charge in [-0.3, -0.25) is 0 Å². The molecule has 18 heavy (non-hydrogen) atoms. The van der Waals surface area contributed by atoms with E-state index in [9.17, 15) is 0 Å². The van der Waals surface area contributed by atoms with Crippen LogP contribution in [-0.2, 0) is 0 Å². The summed E-state index contributed by atoms with van der Waals surface area (Å²) in [5, 5.41) is 3.41. The first-order chi connectivity index (χ1) is 8.79. The van der Waals surface area contributed by atoms with Crippen LogP contribution < -0.4 is 10.2 Å². The smallest absolute Gasteiger partial charge is 0.231 e. The lowest BCUT2D eigenvalue weighted by Gasteiger charge is -2.15. The van der Waals surface area contributed by atoms with Crippen molar-refractivity contribution in [1.82, 2.24) is 15.0 Å². The first-order valence-electron chi connectivity index (χ1n) is 6.31. The fraction of sp³-hybridized carbons (Fsp3) is 0.583. The third kappa shape index (κ3) is 3.57. The second kappa shape index (κ2) is 6.54. The van der Waals surface area contributed by atoms with E-state index in [4.69, 9.17) is 11.6 Å². The summed E-state index contributed by atoms with van der Waals surface area (Å²) in [6, 6.07) is 0. The van der Waals surface area contributed by atoms with Crippen molar-refractivity contribution >= 4 is 23.5 Å². The molecule has 0 radical (unpaired) electrons. The van der Waals surface area contributed by atoms with Gasteiger partial charge in [0.05, 0.1) is 0 Å². The number of hydrogen-bond donors (Lipinski definition) is 1. The molecule has 0 bridgehead atoms. The molecule has 1 aromatic heterocycles. The van der Waals surface area contributed by atoms with E-state index in [0.29, 0.717) is 11.9 Å². The molecule has 1 aromatic rings. The van der Waals surface area contributed by atoms with Crippen LogP contribution in [0.5, 0.6) is 0 Å². The zero-order chi connectivity index (χ0) is 12.8. The molecule has 5 nitrogen and oxygen atoms in total. The quantitative estimate of drug-likeness (QED) is 0.656. The van der Waals surface area contributed by atoms with Crippen molar-refractivity contribution in [1.29, 1.82) is 0 Å². The Morgan fingerprint density at radius 3 is 2.78 bits per heavy atom. The molecule has 1 aliphatic rings. The third-order valence-electron chi connectivity index (χ3n) is 2.82. The molecule has 2 heterocycles. The summed E-state index contributed by atoms with van der Waals surface area (Å²) < 4.78 is 0. The van der Waals surface area contributed by atoms with Crippen LogP contribution in [0.1, 0.15) is 26.2 Å². The molecule has 98 valence electrons. The average Bonchev–Trinajstić information content (AvgIpc) is 2.88. The highest BCUT2D eigenvalue weighted by molar-refractivity contribution is 6.28. The highest BCUT2D eigenvalue weighted by Crippen LogP contribution is 2.18. The van der Waals surface area contributed by atoms with Crippen LogP contribution in [0.3, 0.4) is 0 Å². The molecular formula is C12H18ClN5. The molecule has 2 rings (SSSR count). The van der Waals surface area contributed by atoms with Crippen LogP contribution >= 0.6 is 11.6 Å². The fourth-order valence-electron chi connectivity index (χ4n) is 1.91. The van der Waals surface area contributed by atoms with Gasteiger partial charge in [0.25, 0.3) is 0 Å². The van der Waals surface area contributed by atoms with Crippen LogP contribution in [0, 0.1) is 0 Å². The van der Waals surface area contributed by atoms with Crippen LogP contribution in [-0.4, -0.2) is 34.6 Å². The summed E-state index contributed by atoms with van der Waals surface area (Å²) in [6.07, 6.45) is 7.44. The Balaban J connectivity index is 2.01. The average molecular weight is 268 g/mol. The molecule has 1 aliphatic heterocycles. The van der Waals surface area contributed by atoms with Gasteiger partial charge in [-0.15, -0.1) is 0 Å². The van der Waals surface area contributed by atoms with Crippen molar-refractivity contribution in [2.24, 2.45) is 0 Å². The van der Waals surface area contributed by atoms with Crippen molar-refractivity contribution in [2.45, 2.75) is 26.2 Å². The van der Waals surface area contributed by atoms with E-state index in [1.165, 1.54) is 12.8 Å². The van der Waals surface area contributed by atoms with Crippen molar-refractivity contribution in [2.75, 3.05) is 29.9 Å². The van der Waals surface area contributed by atoms with Gasteiger partial charge < -0.3 is 10.2 Å². The fourth-order valence-corrected chi connectivity index (χ4v) is 2.07. The van der Waals surface area contributed by atoms with Gasteiger partial charge in [-0.25, -0.2) is 0 Å². The molecule has 0 amide bonds. The predicted molar refractivity (Wildman–Crippen MR) is 74.2 cm³/mol. The van der Waals surface area contributed by atoms with Gasteiger partial charge in [-0.05, 0) is 37.8 Å². The maximum Gasteiger partial charge on any atom is 0.231 e. The van der Waals surface area contributed by atoms with Gasteiger partial charge in [-0.2, -0.15) is 15.0 Å². The molecule has 0 atom stereocenters. The number of nitrogens with zero attached hydrogens (tertiary/aromatic N) is 4. The topological polar surface area (TPSA) is 53.9 Å². The summed E-state index contributed by atoms with van der Waals surface area (Å²) >= 11 is 5.93. The zero-order valence-corrected chi connectivity index (χ0v) is 11.3. The Morgan fingerprint density at radius 1 is 1.28 bits per heavy atom. The number of rotatable bonds is 5. The SMILES string of the molecule is C/C=C/CCNc1nc(Cl)nc(N2CCCC2)n1. The zero-order valence-electron chi connectivity index (χ0n) is 10.6. The van der Waals surface area contributed by atoms with E-state index in [2.05, 4.69) is 31.2 Å². The van der Waals surface area contributed by atoms with E-state index in [1.54, 1.807) is 0 Å². The number of anilines is 2. The summed E-state index contributed by atoms with van der Waals surface area (Å²) in [5.41, 5.74) is 0. The van der Waals surface area contributed by atoms with Gasteiger partial charge in [0.2, 0.25) is 17.2 Å². The normalized spacial score (nSPS) is 15.6. The first-order valence-corrected chi connectivity index (χ1v) is 6.69. The van der Waals surface area contributed by atoms with Gasteiger partial charge in [-0.1, -0.05) is 12.2 Å². The lowest BCUT2D eigenvalue weighted by atomic mass is 10.4. The summed E-state index contributed by atoms with van der Waals surface area (Å²) in [6.45, 7) is 4.80. The Hall–Kier alpha value is -1.36. The summed E-state index contributed by atoms with van der Waals surface area (Å²) in [4.78, 5) is 14.8. The second-order valence-electron chi connectivity index (χ2n) is 4.21. The number of halogens is 1. The summed E-state index contributed by atoms with van der Waals surface area (Å²) in [7, 11) is 0. The molecule has 1 fully saturated rings. The third-order valence-corrected chi connectivity index (χ3v) is 2.98. The molecular weight excluding hydrogens is 250 g/mol. The van der Waals surface area contributed by atoms with Gasteiger partial charge >= 0.3 is 0 Å². The second-order valence-corrected chi connectivity index (χ2v) is 4.54. The number of aromatic nitrogens is 3. The van der Waals surface area contributed by atoms with E-state index < -0.39 is 0 Å². The minimum atomic E-state index is 0.250. The van der Waals surface area contributed by atoms with Crippen molar-refractivity contribution in [3.63, 3.8) is 0 Å². The van der Waals surface area contributed by atoms with Crippen molar-refractivity contribution in [3.05, 3.63) is 17.4 Å². The van der Waals surface area contributed by atoms with Crippen LogP contribution in [0.2, 0.25) is 5.28 Å². The monoisotopic (exact) mass is 267 g/mol. The molecule has 0 aliphatic carbocycles. The molecule has 0 aromatic carbocycles. The molecule has 6 heteroatoms. The van der Waals surface area contributed by atoms with E-state index in [-0.39, 0.29) is 5.28 Å². The van der Waals surface area contributed by atoms with Crippen molar-refractivity contribution < 1.29 is 0 Å². The molecule has 1 saturated heterocycles. The van der Waals surface area contributed by atoms with Gasteiger partial charge in [0.15, 0.2) is 0 Å². The lowest BCUT2D eigenvalue weighted by molar-refractivity contribution is 0.875. The van der Waals surface area contributed by atoms with Gasteiger partial charge in [0, 0.05) is 19.6 Å². The van der Waals surface area contributed by atoms with Crippen LogP contribution in [0.25, 0.3) is 0 Å². The molecule has 1 N–H and O–H groups in total. The van der Waals surface area contributed by atoms with E-state index in [1.807, 2.05) is 13.0 Å². The van der Waals surface area contributed by atoms with Crippen molar-refractivity contribution in [3.8, 4) is 0 Å². The molecule has 0 unspecified atom stereocenters. The Morgan fingerprint density at radius 2 is 2.06 bits per heavy atom. The van der Waals surface area contributed by atoms with E-state index >= 15 is 0 Å². The first kappa shape index (κ1) is 13.1. The predicted octanol–water partition coefficient (Wildman–Crippen LogP) is 2.50. The maximum absolute atomic E-state index is 5.93. The summed E-state index contributed by atoms with van der Waals surface area (Å²) in [5.74, 6) is 1.24. The molecule has 0 spiro atoms. The van der Waals surface area contributed by atoms with Crippen LogP contribution in [0.15, 0.2) is 12.2 Å². The lowest BCUT2D eigenvalue weighted by Crippen LogP contribution is -2.21. The molecule has 0 saturated carbocycles. The number of hydrogen-bond acceptors (Lipinski definition) is 5. The minimum absolute atomic E-state index is 0.250. The highest BCUT2D eigenvalue weighted by Gasteiger charge is 2.16. The Bertz CT molecular complexity index is 415. The maximum atomic E-state index is 5.93. The highest BCUT2D eigenvalue weighted by atomic mass is 35.5. The standard InChI is InChI=1S/C12H18ClN5/c1-2-3-4-7-14-11-15-10(13)16-12(17-11)18-8-5-6-9-18/h2-3H,4-9H2,1H3,(H,14,15,16,17)/b3-2+. The van der Waals surface area contributed by atoms with Gasteiger partial charge in [0.1, 0.15) is 0 Å².